The van der Waals surface area contributed by atoms with E-state index in [1.165, 1.54) is 11.8 Å². The number of nitrogens with zero attached hydrogens (tertiary/aromatic N) is 6. The molecule has 1 fully saturated rings. The van der Waals surface area contributed by atoms with Gasteiger partial charge in [0.05, 0.1) is 13.2 Å². The van der Waals surface area contributed by atoms with E-state index in [-0.39, 0.29) is 5.91 Å². The molecule has 0 aromatic carbocycles. The van der Waals surface area contributed by atoms with Gasteiger partial charge >= 0.3 is 0 Å². The number of ether oxygens (including phenoxy) is 1. The van der Waals surface area contributed by atoms with Crippen molar-refractivity contribution < 1.29 is 9.53 Å². The van der Waals surface area contributed by atoms with Gasteiger partial charge in [0.25, 0.3) is 5.91 Å². The molecule has 128 valence electrons. The summed E-state index contributed by atoms with van der Waals surface area (Å²) in [5, 5.41) is 19.6. The molecule has 0 unspecified atom stereocenters. The smallest absolute Gasteiger partial charge is 0.271 e. The molecule has 1 saturated heterocycles. The van der Waals surface area contributed by atoms with Gasteiger partial charge < -0.3 is 19.5 Å². The van der Waals surface area contributed by atoms with E-state index in [0.29, 0.717) is 31.2 Å². The molecule has 1 aliphatic rings. The molecular weight excluding hydrogens is 330 g/mol. The Bertz CT molecular complexity index is 670. The van der Waals surface area contributed by atoms with Crippen LogP contribution in [0.2, 0.25) is 0 Å². The molecule has 3 heterocycles. The van der Waals surface area contributed by atoms with Gasteiger partial charge in [-0.1, -0.05) is 11.8 Å². The Morgan fingerprint density at radius 1 is 1.29 bits per heavy atom. The van der Waals surface area contributed by atoms with Gasteiger partial charge in [0.2, 0.25) is 0 Å². The zero-order valence-electron chi connectivity index (χ0n) is 13.4. The predicted molar refractivity (Wildman–Crippen MR) is 89.1 cm³/mol. The lowest BCUT2D eigenvalue weighted by Crippen LogP contribution is -2.37. The van der Waals surface area contributed by atoms with Crippen LogP contribution in [0.1, 0.15) is 10.5 Å². The fourth-order valence-corrected chi connectivity index (χ4v) is 2.95. The second kappa shape index (κ2) is 8.06. The van der Waals surface area contributed by atoms with Crippen molar-refractivity contribution >= 4 is 23.5 Å². The van der Waals surface area contributed by atoms with Gasteiger partial charge in [-0.05, 0) is 12.1 Å². The van der Waals surface area contributed by atoms with Crippen molar-refractivity contribution in [3.05, 3.63) is 24.2 Å². The molecule has 0 atom stereocenters. The number of thioether (sulfide) groups is 1. The second-order valence-electron chi connectivity index (χ2n) is 5.20. The van der Waals surface area contributed by atoms with Crippen LogP contribution in [0.15, 0.2) is 23.6 Å². The second-order valence-corrected chi connectivity index (χ2v) is 6.27. The summed E-state index contributed by atoms with van der Waals surface area (Å²) in [7, 11) is 1.88. The highest BCUT2D eigenvalue weighted by molar-refractivity contribution is 7.99. The van der Waals surface area contributed by atoms with E-state index in [0.717, 1.165) is 24.1 Å². The Morgan fingerprint density at radius 2 is 2.12 bits per heavy atom. The van der Waals surface area contributed by atoms with Crippen molar-refractivity contribution in [1.82, 2.24) is 30.3 Å². The van der Waals surface area contributed by atoms with Gasteiger partial charge in [-0.15, -0.1) is 20.4 Å². The number of carbonyl (C=O) groups excluding carboxylic acids is 1. The normalized spacial score (nSPS) is 14.6. The van der Waals surface area contributed by atoms with Crippen molar-refractivity contribution in [3.63, 3.8) is 0 Å². The standard InChI is InChI=1S/C14H19N7O2S/c1-20-10-16-19-14(20)24-9-4-15-13(22)11-2-3-12(18-17-11)21-5-7-23-8-6-21/h2-3,10H,4-9H2,1H3,(H,15,22). The lowest BCUT2D eigenvalue weighted by Gasteiger charge is -2.27. The molecule has 1 aliphatic heterocycles. The monoisotopic (exact) mass is 349 g/mol. The summed E-state index contributed by atoms with van der Waals surface area (Å²) in [6.07, 6.45) is 1.65. The molecule has 0 radical (unpaired) electrons. The molecule has 9 nitrogen and oxygen atoms in total. The molecule has 0 aliphatic carbocycles. The van der Waals surface area contributed by atoms with E-state index >= 15 is 0 Å². The number of aryl methyl sites for hydroxylation is 1. The largest absolute Gasteiger partial charge is 0.378 e. The molecule has 24 heavy (non-hydrogen) atoms. The lowest BCUT2D eigenvalue weighted by atomic mass is 10.3. The molecule has 10 heteroatoms. The number of morpholine rings is 1. The highest BCUT2D eigenvalue weighted by Gasteiger charge is 2.14. The highest BCUT2D eigenvalue weighted by atomic mass is 32.2. The Labute approximate surface area is 143 Å². The third-order valence-electron chi connectivity index (χ3n) is 3.51. The first-order chi connectivity index (χ1) is 11.7. The molecular formula is C14H19N7O2S. The van der Waals surface area contributed by atoms with E-state index in [4.69, 9.17) is 4.74 Å². The number of carbonyl (C=O) groups is 1. The van der Waals surface area contributed by atoms with E-state index < -0.39 is 0 Å². The van der Waals surface area contributed by atoms with Gasteiger partial charge in [-0.25, -0.2) is 0 Å². The Hall–Kier alpha value is -2.20. The third kappa shape index (κ3) is 4.20. The Balaban J connectivity index is 1.45. The highest BCUT2D eigenvalue weighted by Crippen LogP contribution is 2.13. The van der Waals surface area contributed by atoms with Crippen LogP contribution in [0, 0.1) is 0 Å². The van der Waals surface area contributed by atoms with E-state index in [1.807, 2.05) is 17.7 Å². The minimum atomic E-state index is -0.227. The summed E-state index contributed by atoms with van der Waals surface area (Å²) in [6.45, 7) is 3.47. The van der Waals surface area contributed by atoms with Crippen molar-refractivity contribution in [2.75, 3.05) is 43.5 Å². The maximum Gasteiger partial charge on any atom is 0.271 e. The number of nitrogens with one attached hydrogen (secondary N) is 1. The third-order valence-corrected chi connectivity index (χ3v) is 4.54. The molecule has 1 N–H and O–H groups in total. The summed E-state index contributed by atoms with van der Waals surface area (Å²) in [5.41, 5.74) is 0.315. The number of amides is 1. The van der Waals surface area contributed by atoms with E-state index in [9.17, 15) is 4.79 Å². The first-order valence-electron chi connectivity index (χ1n) is 7.65. The number of aromatic nitrogens is 5. The van der Waals surface area contributed by atoms with Crippen LogP contribution >= 0.6 is 11.8 Å². The maximum atomic E-state index is 12.1. The molecule has 1 amide bonds. The number of rotatable bonds is 6. The molecule has 0 spiro atoms. The number of hydrogen-bond donors (Lipinski definition) is 1. The zero-order chi connectivity index (χ0) is 16.8. The fourth-order valence-electron chi connectivity index (χ4n) is 2.21. The average molecular weight is 349 g/mol. The van der Waals surface area contributed by atoms with Gasteiger partial charge in [0, 0.05) is 32.4 Å². The minimum absolute atomic E-state index is 0.227. The van der Waals surface area contributed by atoms with Crippen molar-refractivity contribution in [2.45, 2.75) is 5.16 Å². The quantitative estimate of drug-likeness (QED) is 0.573. The van der Waals surface area contributed by atoms with Gasteiger partial charge in [0.1, 0.15) is 6.33 Å². The van der Waals surface area contributed by atoms with Crippen LogP contribution < -0.4 is 10.2 Å². The predicted octanol–water partition coefficient (Wildman–Crippen LogP) is -0.0362. The first-order valence-corrected chi connectivity index (χ1v) is 8.64. The Kier molecular flexibility index (Phi) is 5.59. The summed E-state index contributed by atoms with van der Waals surface area (Å²) < 4.78 is 7.14. The number of hydrogen-bond acceptors (Lipinski definition) is 8. The SMILES string of the molecule is Cn1cnnc1SCCNC(=O)c1ccc(N2CCOCC2)nn1. The van der Waals surface area contributed by atoms with Gasteiger partial charge in [0.15, 0.2) is 16.7 Å². The molecule has 2 aromatic heterocycles. The van der Waals surface area contributed by atoms with Crippen molar-refractivity contribution in [3.8, 4) is 0 Å². The zero-order valence-corrected chi connectivity index (χ0v) is 14.2. The van der Waals surface area contributed by atoms with Crippen molar-refractivity contribution in [2.24, 2.45) is 7.05 Å². The average Bonchev–Trinajstić information content (AvgIpc) is 3.04. The summed E-state index contributed by atoms with van der Waals surface area (Å²) in [6, 6.07) is 3.52. The molecule has 2 aromatic rings. The maximum absolute atomic E-state index is 12.1. The fraction of sp³-hybridized carbons (Fsp3) is 0.500. The number of anilines is 1. The van der Waals surface area contributed by atoms with Crippen LogP contribution in [-0.2, 0) is 11.8 Å². The first kappa shape index (κ1) is 16.7. The van der Waals surface area contributed by atoms with Gasteiger partial charge in [-0.2, -0.15) is 0 Å². The van der Waals surface area contributed by atoms with Crippen LogP contribution in [0.4, 0.5) is 5.82 Å². The summed E-state index contributed by atoms with van der Waals surface area (Å²) in [5.74, 6) is 1.25. The summed E-state index contributed by atoms with van der Waals surface area (Å²) in [4.78, 5) is 14.2. The van der Waals surface area contributed by atoms with Crippen molar-refractivity contribution in [1.29, 1.82) is 0 Å². The lowest BCUT2D eigenvalue weighted by molar-refractivity contribution is 0.0950. The topological polar surface area (TPSA) is 98.1 Å². The minimum Gasteiger partial charge on any atom is -0.378 e. The van der Waals surface area contributed by atoms with E-state index in [2.05, 4.69) is 30.6 Å². The van der Waals surface area contributed by atoms with Crippen LogP contribution in [0.3, 0.4) is 0 Å². The Morgan fingerprint density at radius 3 is 2.79 bits per heavy atom. The molecule has 0 bridgehead atoms. The summed E-state index contributed by atoms with van der Waals surface area (Å²) >= 11 is 1.53. The molecule has 0 saturated carbocycles. The molecule has 3 rings (SSSR count). The van der Waals surface area contributed by atoms with Crippen LogP contribution in [0.25, 0.3) is 0 Å². The van der Waals surface area contributed by atoms with Crippen LogP contribution in [0.5, 0.6) is 0 Å². The van der Waals surface area contributed by atoms with Gasteiger partial charge in [-0.3, -0.25) is 4.79 Å². The van der Waals surface area contributed by atoms with E-state index in [1.54, 1.807) is 12.4 Å². The van der Waals surface area contributed by atoms with Crippen LogP contribution in [-0.4, -0.2) is 69.5 Å².